The van der Waals surface area contributed by atoms with E-state index in [1.54, 1.807) is 55.6 Å². The molecular formula is C25H26N2O4S. The Hall–Kier alpha value is -3.32. The van der Waals surface area contributed by atoms with Crippen LogP contribution in [0.5, 0.6) is 5.75 Å². The summed E-state index contributed by atoms with van der Waals surface area (Å²) in [7, 11) is -2.06. The lowest BCUT2D eigenvalue weighted by atomic mass is 10.0. The van der Waals surface area contributed by atoms with Crippen LogP contribution in [0.3, 0.4) is 0 Å². The van der Waals surface area contributed by atoms with Crippen molar-refractivity contribution in [2.75, 3.05) is 11.4 Å². The van der Waals surface area contributed by atoms with Gasteiger partial charge in [-0.3, -0.25) is 9.10 Å². The highest BCUT2D eigenvalue weighted by Gasteiger charge is 2.36. The number of hydrogen-bond donors (Lipinski definition) is 1. The molecular weight excluding hydrogens is 424 g/mol. The van der Waals surface area contributed by atoms with Gasteiger partial charge in [-0.05, 0) is 73.9 Å². The first-order valence-electron chi connectivity index (χ1n) is 10.5. The van der Waals surface area contributed by atoms with Crippen LogP contribution in [-0.2, 0) is 16.4 Å². The summed E-state index contributed by atoms with van der Waals surface area (Å²) in [5, 5.41) is 3.01. The van der Waals surface area contributed by atoms with Crippen molar-refractivity contribution in [2.45, 2.75) is 37.2 Å². The van der Waals surface area contributed by atoms with Crippen LogP contribution in [0.15, 0.2) is 77.7 Å². The molecule has 7 heteroatoms. The van der Waals surface area contributed by atoms with Crippen molar-refractivity contribution in [2.24, 2.45) is 0 Å². The van der Waals surface area contributed by atoms with Gasteiger partial charge in [-0.1, -0.05) is 30.3 Å². The van der Waals surface area contributed by atoms with Crippen LogP contribution in [0, 0.1) is 0 Å². The minimum atomic E-state index is -3.67. The number of nitrogens with one attached hydrogen (secondary N) is 1. The summed E-state index contributed by atoms with van der Waals surface area (Å²) < 4.78 is 33.1. The Bertz CT molecular complexity index is 1220. The average molecular weight is 451 g/mol. The van der Waals surface area contributed by atoms with Gasteiger partial charge in [-0.15, -0.1) is 0 Å². The van der Waals surface area contributed by atoms with Gasteiger partial charge in [0.15, 0.2) is 0 Å². The van der Waals surface area contributed by atoms with Gasteiger partial charge in [0.25, 0.3) is 15.9 Å². The maximum absolute atomic E-state index is 13.2. The predicted octanol–water partition coefficient (Wildman–Crippen LogP) is 4.33. The molecule has 3 aromatic rings. The number of fused-ring (bicyclic) bond motifs is 1. The second-order valence-electron chi connectivity index (χ2n) is 7.98. The molecule has 0 unspecified atom stereocenters. The molecule has 0 saturated heterocycles. The average Bonchev–Trinajstić information content (AvgIpc) is 3.15. The topological polar surface area (TPSA) is 75.7 Å². The molecule has 1 aliphatic rings. The number of benzene rings is 3. The molecule has 166 valence electrons. The quantitative estimate of drug-likeness (QED) is 0.607. The normalized spacial score (nSPS) is 16.3. The third-order valence-corrected chi connectivity index (χ3v) is 7.70. The van der Waals surface area contributed by atoms with Gasteiger partial charge >= 0.3 is 0 Å². The molecule has 0 bridgehead atoms. The van der Waals surface area contributed by atoms with Gasteiger partial charge in [-0.2, -0.15) is 0 Å². The first kappa shape index (κ1) is 21.9. The first-order chi connectivity index (χ1) is 15.3. The highest BCUT2D eigenvalue weighted by atomic mass is 32.2. The SMILES string of the molecule is COc1ccc([C@@H](C)NC(=O)c2ccc3c(c2)C[C@H](C)N3S(=O)(=O)c2ccccc2)cc1. The molecule has 4 rings (SSSR count). The smallest absolute Gasteiger partial charge is 0.264 e. The summed E-state index contributed by atoms with van der Waals surface area (Å²) in [4.78, 5) is 13.1. The molecule has 2 atom stereocenters. The molecule has 1 aliphatic heterocycles. The third kappa shape index (κ3) is 4.08. The zero-order chi connectivity index (χ0) is 22.9. The molecule has 0 fully saturated rings. The van der Waals surface area contributed by atoms with Crippen LogP contribution >= 0.6 is 0 Å². The molecule has 1 amide bonds. The van der Waals surface area contributed by atoms with E-state index in [-0.39, 0.29) is 22.9 Å². The van der Waals surface area contributed by atoms with Crippen molar-refractivity contribution in [1.82, 2.24) is 5.32 Å². The number of carbonyl (C=O) groups excluding carboxylic acids is 1. The number of anilines is 1. The number of ether oxygens (including phenoxy) is 1. The number of carbonyl (C=O) groups is 1. The van der Waals surface area contributed by atoms with E-state index in [1.165, 1.54) is 4.31 Å². The molecule has 0 aliphatic carbocycles. The molecule has 1 heterocycles. The number of sulfonamides is 1. The summed E-state index contributed by atoms with van der Waals surface area (Å²) in [6.45, 7) is 3.80. The summed E-state index contributed by atoms with van der Waals surface area (Å²) in [5.41, 5.74) is 2.95. The number of amides is 1. The van der Waals surface area contributed by atoms with E-state index in [0.29, 0.717) is 17.7 Å². The van der Waals surface area contributed by atoms with E-state index in [2.05, 4.69) is 5.32 Å². The van der Waals surface area contributed by atoms with E-state index in [1.807, 2.05) is 38.1 Å². The van der Waals surface area contributed by atoms with E-state index >= 15 is 0 Å². The van der Waals surface area contributed by atoms with Gasteiger partial charge in [0.1, 0.15) is 5.75 Å². The summed E-state index contributed by atoms with van der Waals surface area (Å²) in [5.74, 6) is 0.558. The molecule has 1 N–H and O–H groups in total. The molecule has 6 nitrogen and oxygen atoms in total. The van der Waals surface area contributed by atoms with Gasteiger partial charge in [0, 0.05) is 11.6 Å². The Balaban J connectivity index is 1.55. The minimum absolute atomic E-state index is 0.185. The molecule has 0 radical (unpaired) electrons. The largest absolute Gasteiger partial charge is 0.497 e. The zero-order valence-corrected chi connectivity index (χ0v) is 19.1. The van der Waals surface area contributed by atoms with Crippen LogP contribution in [0.2, 0.25) is 0 Å². The van der Waals surface area contributed by atoms with Crippen molar-refractivity contribution < 1.29 is 17.9 Å². The van der Waals surface area contributed by atoms with Crippen LogP contribution in [-0.4, -0.2) is 27.5 Å². The summed E-state index contributed by atoms with van der Waals surface area (Å²) in [6, 6.07) is 20.8. The van der Waals surface area contributed by atoms with Crippen molar-refractivity contribution >= 4 is 21.6 Å². The predicted molar refractivity (Wildman–Crippen MR) is 125 cm³/mol. The van der Waals surface area contributed by atoms with E-state index in [9.17, 15) is 13.2 Å². The molecule has 32 heavy (non-hydrogen) atoms. The van der Waals surface area contributed by atoms with Crippen LogP contribution < -0.4 is 14.4 Å². The highest BCUT2D eigenvalue weighted by Crippen LogP contribution is 2.37. The Morgan fingerprint density at radius 1 is 1.06 bits per heavy atom. The molecule has 3 aromatic carbocycles. The summed E-state index contributed by atoms with van der Waals surface area (Å²) >= 11 is 0. The van der Waals surface area contributed by atoms with Crippen molar-refractivity contribution in [3.8, 4) is 5.75 Å². The molecule has 0 aromatic heterocycles. The minimum Gasteiger partial charge on any atom is -0.497 e. The van der Waals surface area contributed by atoms with Crippen LogP contribution in [0.1, 0.15) is 41.4 Å². The van der Waals surface area contributed by atoms with E-state index in [0.717, 1.165) is 16.9 Å². The second-order valence-corrected chi connectivity index (χ2v) is 9.79. The maximum Gasteiger partial charge on any atom is 0.264 e. The monoisotopic (exact) mass is 450 g/mol. The zero-order valence-electron chi connectivity index (χ0n) is 18.3. The molecule has 0 spiro atoms. The van der Waals surface area contributed by atoms with E-state index < -0.39 is 10.0 Å². The Morgan fingerprint density at radius 3 is 2.41 bits per heavy atom. The van der Waals surface area contributed by atoms with Gasteiger partial charge < -0.3 is 10.1 Å². The fraction of sp³-hybridized carbons (Fsp3) is 0.240. The van der Waals surface area contributed by atoms with Crippen molar-refractivity contribution in [1.29, 1.82) is 0 Å². The number of methoxy groups -OCH3 is 1. The molecule has 0 saturated carbocycles. The van der Waals surface area contributed by atoms with Crippen molar-refractivity contribution in [3.05, 3.63) is 89.5 Å². The highest BCUT2D eigenvalue weighted by molar-refractivity contribution is 7.92. The van der Waals surface area contributed by atoms with Gasteiger partial charge in [-0.25, -0.2) is 8.42 Å². The third-order valence-electron chi connectivity index (χ3n) is 5.76. The lowest BCUT2D eigenvalue weighted by Crippen LogP contribution is -2.35. The first-order valence-corrected chi connectivity index (χ1v) is 11.9. The maximum atomic E-state index is 13.2. The Labute approximate surface area is 188 Å². The standard InChI is InChI=1S/C25H26N2O4S/c1-17-15-21-16-20(25(28)26-18(2)19-9-12-22(31-3)13-10-19)11-14-24(21)27(17)32(29,30)23-7-5-4-6-8-23/h4-14,16-18H,15H2,1-3H3,(H,26,28)/t17-,18+/m0/s1. The van der Waals surface area contributed by atoms with Crippen molar-refractivity contribution in [3.63, 3.8) is 0 Å². The number of nitrogens with zero attached hydrogens (tertiary/aromatic N) is 1. The Morgan fingerprint density at radius 2 is 1.75 bits per heavy atom. The lowest BCUT2D eigenvalue weighted by molar-refractivity contribution is 0.0940. The second kappa shape index (κ2) is 8.67. The lowest BCUT2D eigenvalue weighted by Gasteiger charge is -2.24. The summed E-state index contributed by atoms with van der Waals surface area (Å²) in [6.07, 6.45) is 0.552. The number of hydrogen-bond acceptors (Lipinski definition) is 4. The van der Waals surface area contributed by atoms with Crippen LogP contribution in [0.4, 0.5) is 5.69 Å². The van der Waals surface area contributed by atoms with E-state index in [4.69, 9.17) is 4.74 Å². The van der Waals surface area contributed by atoms with Gasteiger partial charge in [0.2, 0.25) is 0 Å². The Kier molecular flexibility index (Phi) is 5.93. The fourth-order valence-corrected chi connectivity index (χ4v) is 5.79. The fourth-order valence-electron chi connectivity index (χ4n) is 4.07. The van der Waals surface area contributed by atoms with Crippen LogP contribution in [0.25, 0.3) is 0 Å². The number of rotatable bonds is 6. The van der Waals surface area contributed by atoms with Gasteiger partial charge in [0.05, 0.1) is 23.7 Å².